The molecule has 0 bridgehead atoms. The lowest BCUT2D eigenvalue weighted by atomic mass is 10.1. The summed E-state index contributed by atoms with van der Waals surface area (Å²) in [6.07, 6.45) is -4.51. The van der Waals surface area contributed by atoms with Gasteiger partial charge in [0.05, 0.1) is 17.0 Å². The van der Waals surface area contributed by atoms with Crippen LogP contribution in [0.5, 0.6) is 0 Å². The number of carbonyl (C=O) groups is 1. The maximum Gasteiger partial charge on any atom is 0.418 e. The van der Waals surface area contributed by atoms with Gasteiger partial charge in [0.2, 0.25) is 5.91 Å². The average Bonchev–Trinajstić information content (AvgIpc) is 2.87. The first-order valence-electron chi connectivity index (χ1n) is 7.52. The molecule has 130 valence electrons. The Morgan fingerprint density at radius 1 is 1.12 bits per heavy atom. The monoisotopic (exact) mass is 364 g/mol. The standard InChI is InChI=1S/C18H15F3N2OS/c1-11-17(12-6-2-4-8-14(12)22-11)25-10-16(24)23-15-9-5-3-7-13(15)18(19,20)21/h2-9,22H,10H2,1H3,(H,23,24). The van der Waals surface area contributed by atoms with E-state index in [9.17, 15) is 18.0 Å². The zero-order valence-electron chi connectivity index (χ0n) is 13.3. The number of aromatic nitrogens is 1. The van der Waals surface area contributed by atoms with E-state index in [-0.39, 0.29) is 11.4 Å². The number of halogens is 3. The van der Waals surface area contributed by atoms with E-state index in [0.717, 1.165) is 27.6 Å². The van der Waals surface area contributed by atoms with E-state index in [0.29, 0.717) is 0 Å². The van der Waals surface area contributed by atoms with E-state index in [2.05, 4.69) is 10.3 Å². The van der Waals surface area contributed by atoms with Gasteiger partial charge < -0.3 is 10.3 Å². The average molecular weight is 364 g/mol. The fourth-order valence-corrected chi connectivity index (χ4v) is 3.55. The van der Waals surface area contributed by atoms with Gasteiger partial charge in [0, 0.05) is 21.5 Å². The molecule has 0 fully saturated rings. The first-order valence-corrected chi connectivity index (χ1v) is 8.51. The molecule has 3 aromatic rings. The minimum Gasteiger partial charge on any atom is -0.358 e. The third kappa shape index (κ3) is 3.82. The van der Waals surface area contributed by atoms with Gasteiger partial charge in [-0.2, -0.15) is 13.2 Å². The number of benzene rings is 2. The molecule has 0 saturated carbocycles. The number of amides is 1. The molecule has 0 aliphatic carbocycles. The Morgan fingerprint density at radius 2 is 1.80 bits per heavy atom. The summed E-state index contributed by atoms with van der Waals surface area (Å²) in [5.41, 5.74) is 0.813. The lowest BCUT2D eigenvalue weighted by Crippen LogP contribution is -2.18. The number of thioether (sulfide) groups is 1. The number of aryl methyl sites for hydroxylation is 1. The van der Waals surface area contributed by atoms with Crippen LogP contribution in [-0.2, 0) is 11.0 Å². The third-order valence-corrected chi connectivity index (χ3v) is 4.91. The van der Waals surface area contributed by atoms with Crippen molar-refractivity contribution in [1.82, 2.24) is 4.98 Å². The zero-order chi connectivity index (χ0) is 18.0. The Balaban J connectivity index is 1.73. The van der Waals surface area contributed by atoms with Crippen LogP contribution in [-0.4, -0.2) is 16.6 Å². The number of rotatable bonds is 4. The number of fused-ring (bicyclic) bond motifs is 1. The highest BCUT2D eigenvalue weighted by molar-refractivity contribution is 8.00. The number of H-pyrrole nitrogens is 1. The van der Waals surface area contributed by atoms with Gasteiger partial charge in [-0.05, 0) is 25.1 Å². The number of aromatic amines is 1. The van der Waals surface area contributed by atoms with Crippen LogP contribution in [0.15, 0.2) is 53.4 Å². The quantitative estimate of drug-likeness (QED) is 0.623. The number of anilines is 1. The van der Waals surface area contributed by atoms with Crippen LogP contribution in [0, 0.1) is 6.92 Å². The van der Waals surface area contributed by atoms with Crippen LogP contribution in [0.2, 0.25) is 0 Å². The number of hydrogen-bond donors (Lipinski definition) is 2. The molecule has 1 aromatic heterocycles. The largest absolute Gasteiger partial charge is 0.418 e. The van der Waals surface area contributed by atoms with Crippen molar-refractivity contribution >= 4 is 34.3 Å². The third-order valence-electron chi connectivity index (χ3n) is 3.69. The Kier molecular flexibility index (Phi) is 4.76. The molecule has 2 aromatic carbocycles. The number of para-hydroxylation sites is 2. The smallest absolute Gasteiger partial charge is 0.358 e. The van der Waals surface area contributed by atoms with Crippen LogP contribution in [0.4, 0.5) is 18.9 Å². The van der Waals surface area contributed by atoms with E-state index < -0.39 is 17.6 Å². The van der Waals surface area contributed by atoms with Gasteiger partial charge in [0.1, 0.15) is 0 Å². The van der Waals surface area contributed by atoms with E-state index in [1.807, 2.05) is 31.2 Å². The molecule has 0 radical (unpaired) electrons. The second kappa shape index (κ2) is 6.84. The topological polar surface area (TPSA) is 44.9 Å². The van der Waals surface area contributed by atoms with Gasteiger partial charge in [-0.15, -0.1) is 11.8 Å². The second-order valence-corrected chi connectivity index (χ2v) is 6.49. The van der Waals surface area contributed by atoms with E-state index in [4.69, 9.17) is 0 Å². The number of alkyl halides is 3. The summed E-state index contributed by atoms with van der Waals surface area (Å²) in [4.78, 5) is 16.3. The molecular formula is C18H15F3N2OS. The Morgan fingerprint density at radius 3 is 2.56 bits per heavy atom. The van der Waals surface area contributed by atoms with Gasteiger partial charge in [-0.1, -0.05) is 30.3 Å². The van der Waals surface area contributed by atoms with Crippen molar-refractivity contribution in [2.45, 2.75) is 18.0 Å². The SMILES string of the molecule is Cc1[nH]c2ccccc2c1SCC(=O)Nc1ccccc1C(F)(F)F. The summed E-state index contributed by atoms with van der Waals surface area (Å²) in [6, 6.07) is 12.6. The molecule has 1 heterocycles. The normalized spacial score (nSPS) is 11.7. The van der Waals surface area contributed by atoms with E-state index in [1.54, 1.807) is 0 Å². The van der Waals surface area contributed by atoms with E-state index in [1.165, 1.54) is 30.0 Å². The van der Waals surface area contributed by atoms with Crippen molar-refractivity contribution in [3.8, 4) is 0 Å². The number of nitrogens with one attached hydrogen (secondary N) is 2. The minimum absolute atomic E-state index is 0.0227. The fourth-order valence-electron chi connectivity index (χ4n) is 2.60. The number of hydrogen-bond acceptors (Lipinski definition) is 2. The molecular weight excluding hydrogens is 349 g/mol. The maximum atomic E-state index is 13.0. The first-order chi connectivity index (χ1) is 11.9. The lowest BCUT2D eigenvalue weighted by Gasteiger charge is -2.13. The first kappa shape index (κ1) is 17.4. The van der Waals surface area contributed by atoms with Crippen LogP contribution in [0.3, 0.4) is 0 Å². The molecule has 1 amide bonds. The lowest BCUT2D eigenvalue weighted by molar-refractivity contribution is -0.137. The van der Waals surface area contributed by atoms with Crippen molar-refractivity contribution < 1.29 is 18.0 Å². The van der Waals surface area contributed by atoms with Crippen LogP contribution in [0.25, 0.3) is 10.9 Å². The summed E-state index contributed by atoms with van der Waals surface area (Å²) >= 11 is 1.30. The van der Waals surface area contributed by atoms with Gasteiger partial charge in [-0.25, -0.2) is 0 Å². The summed E-state index contributed by atoms with van der Waals surface area (Å²) in [5.74, 6) is -0.458. The molecule has 0 aliphatic rings. The second-order valence-electron chi connectivity index (χ2n) is 5.50. The summed E-state index contributed by atoms with van der Waals surface area (Å²) in [7, 11) is 0. The van der Waals surface area contributed by atoms with E-state index >= 15 is 0 Å². The summed E-state index contributed by atoms with van der Waals surface area (Å²) in [5, 5.41) is 3.35. The Bertz CT molecular complexity index is 918. The van der Waals surface area contributed by atoms with Crippen LogP contribution < -0.4 is 5.32 Å². The van der Waals surface area contributed by atoms with Gasteiger partial charge in [0.25, 0.3) is 0 Å². The molecule has 3 rings (SSSR count). The summed E-state index contributed by atoms with van der Waals surface area (Å²) < 4.78 is 38.9. The van der Waals surface area contributed by atoms with Gasteiger partial charge in [0.15, 0.2) is 0 Å². The molecule has 25 heavy (non-hydrogen) atoms. The molecule has 0 unspecified atom stereocenters. The highest BCUT2D eigenvalue weighted by Gasteiger charge is 2.33. The fraction of sp³-hybridized carbons (Fsp3) is 0.167. The van der Waals surface area contributed by atoms with Crippen molar-refractivity contribution in [3.05, 3.63) is 59.8 Å². The molecule has 2 N–H and O–H groups in total. The molecule has 0 atom stereocenters. The predicted molar refractivity (Wildman–Crippen MR) is 93.8 cm³/mol. The predicted octanol–water partition coefficient (Wildman–Crippen LogP) is 5.23. The molecule has 0 saturated heterocycles. The van der Waals surface area contributed by atoms with Crippen LogP contribution >= 0.6 is 11.8 Å². The van der Waals surface area contributed by atoms with Crippen LogP contribution in [0.1, 0.15) is 11.3 Å². The molecule has 0 aliphatic heterocycles. The zero-order valence-corrected chi connectivity index (χ0v) is 14.1. The highest BCUT2D eigenvalue weighted by Crippen LogP contribution is 2.35. The Labute approximate surface area is 146 Å². The Hall–Kier alpha value is -2.41. The van der Waals surface area contributed by atoms with Crippen molar-refractivity contribution in [2.75, 3.05) is 11.1 Å². The van der Waals surface area contributed by atoms with Gasteiger partial charge >= 0.3 is 6.18 Å². The van der Waals surface area contributed by atoms with Crippen molar-refractivity contribution in [1.29, 1.82) is 0 Å². The van der Waals surface area contributed by atoms with Crippen molar-refractivity contribution in [3.63, 3.8) is 0 Å². The maximum absolute atomic E-state index is 13.0. The number of carbonyl (C=O) groups excluding carboxylic acids is 1. The van der Waals surface area contributed by atoms with Gasteiger partial charge in [-0.3, -0.25) is 4.79 Å². The molecule has 3 nitrogen and oxygen atoms in total. The molecule has 7 heteroatoms. The molecule has 0 spiro atoms. The summed E-state index contributed by atoms with van der Waals surface area (Å²) in [6.45, 7) is 1.90. The minimum atomic E-state index is -4.51. The van der Waals surface area contributed by atoms with Crippen molar-refractivity contribution in [2.24, 2.45) is 0 Å². The highest BCUT2D eigenvalue weighted by atomic mass is 32.2.